The van der Waals surface area contributed by atoms with Crippen LogP contribution in [0.25, 0.3) is 0 Å². The third-order valence-corrected chi connectivity index (χ3v) is 5.65. The van der Waals surface area contributed by atoms with Crippen LogP contribution in [0.3, 0.4) is 0 Å². The lowest BCUT2D eigenvalue weighted by Gasteiger charge is -2.31. The zero-order valence-corrected chi connectivity index (χ0v) is 20.4. The first-order valence-corrected chi connectivity index (χ1v) is 11.9. The summed E-state index contributed by atoms with van der Waals surface area (Å²) < 4.78 is 5.74. The fourth-order valence-electron chi connectivity index (χ4n) is 3.71. The van der Waals surface area contributed by atoms with Crippen LogP contribution >= 0.6 is 11.6 Å². The molecular formula is C28H31ClN2O3. The summed E-state index contributed by atoms with van der Waals surface area (Å²) in [4.78, 5) is 28.4. The summed E-state index contributed by atoms with van der Waals surface area (Å²) >= 11 is 6.05. The molecule has 5 nitrogen and oxygen atoms in total. The first-order valence-electron chi connectivity index (χ1n) is 11.5. The van der Waals surface area contributed by atoms with Crippen LogP contribution in [0.5, 0.6) is 5.75 Å². The minimum atomic E-state index is -0.676. The highest BCUT2D eigenvalue weighted by Crippen LogP contribution is 2.19. The van der Waals surface area contributed by atoms with Crippen molar-refractivity contribution in [1.29, 1.82) is 0 Å². The second-order valence-electron chi connectivity index (χ2n) is 8.25. The molecule has 3 aromatic rings. The maximum atomic E-state index is 13.5. The maximum Gasteiger partial charge on any atom is 0.261 e. The first-order chi connectivity index (χ1) is 16.5. The van der Waals surface area contributed by atoms with Crippen molar-refractivity contribution in [3.8, 4) is 5.75 Å². The standard InChI is InChI=1S/C28H31ClN2O3/c1-3-15-30-28(33)26(17-22-10-5-4-6-11-22)31(19-23-12-7-9-21(2)16-23)27(32)20-34-25-14-8-13-24(29)18-25/h4-14,16,18,26H,3,15,17,19-20H2,1-2H3,(H,30,33)/t26-/m1/s1. The Bertz CT molecular complexity index is 1090. The van der Waals surface area contributed by atoms with Gasteiger partial charge in [-0.3, -0.25) is 9.59 Å². The van der Waals surface area contributed by atoms with Crippen molar-refractivity contribution in [3.05, 3.63) is 101 Å². The van der Waals surface area contributed by atoms with E-state index in [0.29, 0.717) is 30.3 Å². The summed E-state index contributed by atoms with van der Waals surface area (Å²) in [5.41, 5.74) is 3.03. The maximum absolute atomic E-state index is 13.5. The summed E-state index contributed by atoms with van der Waals surface area (Å²) in [6.45, 7) is 4.67. The number of amides is 2. The average Bonchev–Trinajstić information content (AvgIpc) is 2.84. The van der Waals surface area contributed by atoms with Crippen LogP contribution in [0.1, 0.15) is 30.0 Å². The number of nitrogens with zero attached hydrogens (tertiary/aromatic N) is 1. The predicted molar refractivity (Wildman–Crippen MR) is 136 cm³/mol. The molecule has 0 saturated carbocycles. The Morgan fingerprint density at radius 3 is 2.41 bits per heavy atom. The van der Waals surface area contributed by atoms with Crippen molar-refractivity contribution in [2.45, 2.75) is 39.3 Å². The number of nitrogens with one attached hydrogen (secondary N) is 1. The van der Waals surface area contributed by atoms with Gasteiger partial charge in [0.15, 0.2) is 6.61 Å². The SMILES string of the molecule is CCCNC(=O)[C@@H](Cc1ccccc1)N(Cc1cccc(C)c1)C(=O)COc1cccc(Cl)c1. The Kier molecular flexibility index (Phi) is 9.53. The number of hydrogen-bond acceptors (Lipinski definition) is 3. The van der Waals surface area contributed by atoms with Crippen molar-refractivity contribution in [1.82, 2.24) is 10.2 Å². The number of rotatable bonds is 11. The van der Waals surface area contributed by atoms with Crippen molar-refractivity contribution in [2.24, 2.45) is 0 Å². The van der Waals surface area contributed by atoms with Crippen molar-refractivity contribution in [3.63, 3.8) is 0 Å². The van der Waals surface area contributed by atoms with E-state index in [1.54, 1.807) is 29.2 Å². The van der Waals surface area contributed by atoms with Crippen LogP contribution in [-0.4, -0.2) is 35.9 Å². The zero-order chi connectivity index (χ0) is 24.3. The van der Waals surface area contributed by atoms with Gasteiger partial charge in [-0.1, -0.05) is 84.8 Å². The van der Waals surface area contributed by atoms with Crippen molar-refractivity contribution in [2.75, 3.05) is 13.2 Å². The van der Waals surface area contributed by atoms with Gasteiger partial charge in [-0.15, -0.1) is 0 Å². The predicted octanol–water partition coefficient (Wildman–Crippen LogP) is 5.19. The second-order valence-corrected chi connectivity index (χ2v) is 8.69. The van der Waals surface area contributed by atoms with Crippen molar-refractivity contribution >= 4 is 23.4 Å². The van der Waals surface area contributed by atoms with Gasteiger partial charge in [-0.2, -0.15) is 0 Å². The molecule has 178 valence electrons. The zero-order valence-electron chi connectivity index (χ0n) is 19.7. The molecule has 0 fully saturated rings. The lowest BCUT2D eigenvalue weighted by molar-refractivity contribution is -0.142. The summed E-state index contributed by atoms with van der Waals surface area (Å²) in [5.74, 6) is 0.0647. The highest BCUT2D eigenvalue weighted by Gasteiger charge is 2.30. The lowest BCUT2D eigenvalue weighted by Crippen LogP contribution is -2.51. The number of carbonyl (C=O) groups is 2. The first kappa shape index (κ1) is 25.3. The van der Waals surface area contributed by atoms with Gasteiger partial charge >= 0.3 is 0 Å². The number of benzene rings is 3. The molecule has 0 saturated heterocycles. The smallest absolute Gasteiger partial charge is 0.261 e. The molecule has 6 heteroatoms. The highest BCUT2D eigenvalue weighted by atomic mass is 35.5. The van der Waals surface area contributed by atoms with E-state index in [0.717, 1.165) is 23.1 Å². The largest absolute Gasteiger partial charge is 0.484 e. The average molecular weight is 479 g/mol. The number of aryl methyl sites for hydroxylation is 1. The monoisotopic (exact) mass is 478 g/mol. The van der Waals surface area contributed by atoms with Gasteiger partial charge in [0.05, 0.1) is 0 Å². The highest BCUT2D eigenvalue weighted by molar-refractivity contribution is 6.30. The molecule has 1 N–H and O–H groups in total. The van der Waals surface area contributed by atoms with Crippen LogP contribution in [0.4, 0.5) is 0 Å². The molecular weight excluding hydrogens is 448 g/mol. The normalized spacial score (nSPS) is 11.5. The van der Waals surface area contributed by atoms with Crippen LogP contribution in [0.15, 0.2) is 78.9 Å². The molecule has 0 aliphatic rings. The lowest BCUT2D eigenvalue weighted by atomic mass is 10.0. The molecule has 1 atom stereocenters. The number of carbonyl (C=O) groups excluding carboxylic acids is 2. The van der Waals surface area contributed by atoms with E-state index in [-0.39, 0.29) is 18.4 Å². The third-order valence-electron chi connectivity index (χ3n) is 5.41. The third kappa shape index (κ3) is 7.63. The number of halogens is 1. The summed E-state index contributed by atoms with van der Waals surface area (Å²) in [5, 5.41) is 3.51. The quantitative estimate of drug-likeness (QED) is 0.412. The fourth-order valence-corrected chi connectivity index (χ4v) is 3.89. The van der Waals surface area contributed by atoms with Gasteiger partial charge in [-0.25, -0.2) is 0 Å². The van der Waals surface area contributed by atoms with E-state index in [4.69, 9.17) is 16.3 Å². The van der Waals surface area contributed by atoms with Gasteiger partial charge in [0.1, 0.15) is 11.8 Å². The van der Waals surface area contributed by atoms with Crippen LogP contribution in [0.2, 0.25) is 5.02 Å². The van der Waals surface area contributed by atoms with E-state index in [1.165, 1.54) is 0 Å². The fraction of sp³-hybridized carbons (Fsp3) is 0.286. The van der Waals surface area contributed by atoms with E-state index >= 15 is 0 Å². The van der Waals surface area contributed by atoms with Crippen LogP contribution in [0, 0.1) is 6.92 Å². The van der Waals surface area contributed by atoms with Crippen LogP contribution in [-0.2, 0) is 22.6 Å². The Balaban J connectivity index is 1.89. The molecule has 0 heterocycles. The molecule has 3 rings (SSSR count). The van der Waals surface area contributed by atoms with Gasteiger partial charge < -0.3 is 15.0 Å². The molecule has 0 aromatic heterocycles. The second kappa shape index (κ2) is 12.8. The van der Waals surface area contributed by atoms with E-state index in [9.17, 15) is 9.59 Å². The van der Waals surface area contributed by atoms with E-state index in [2.05, 4.69) is 5.32 Å². The Labute approximate surface area is 206 Å². The Morgan fingerprint density at radius 2 is 1.71 bits per heavy atom. The molecule has 0 unspecified atom stereocenters. The molecule has 0 radical (unpaired) electrons. The molecule has 2 amide bonds. The molecule has 0 aliphatic heterocycles. The number of ether oxygens (including phenoxy) is 1. The summed E-state index contributed by atoms with van der Waals surface area (Å²) in [7, 11) is 0. The molecule has 0 spiro atoms. The van der Waals surface area contributed by atoms with Gasteiger partial charge in [0, 0.05) is 24.5 Å². The minimum absolute atomic E-state index is 0.172. The molecule has 0 bridgehead atoms. The van der Waals surface area contributed by atoms with E-state index < -0.39 is 6.04 Å². The van der Waals surface area contributed by atoms with Gasteiger partial charge in [-0.05, 0) is 42.7 Å². The molecule has 0 aliphatic carbocycles. The Morgan fingerprint density at radius 1 is 0.971 bits per heavy atom. The van der Waals surface area contributed by atoms with Crippen LogP contribution < -0.4 is 10.1 Å². The summed E-state index contributed by atoms with van der Waals surface area (Å²) in [6, 6.07) is 24.0. The topological polar surface area (TPSA) is 58.6 Å². The van der Waals surface area contributed by atoms with E-state index in [1.807, 2.05) is 68.4 Å². The van der Waals surface area contributed by atoms with Gasteiger partial charge in [0.2, 0.25) is 5.91 Å². The van der Waals surface area contributed by atoms with Gasteiger partial charge in [0.25, 0.3) is 5.91 Å². The Hall–Kier alpha value is -3.31. The molecule has 3 aromatic carbocycles. The number of hydrogen-bond donors (Lipinski definition) is 1. The molecule has 34 heavy (non-hydrogen) atoms. The minimum Gasteiger partial charge on any atom is -0.484 e. The van der Waals surface area contributed by atoms with Crippen molar-refractivity contribution < 1.29 is 14.3 Å². The summed E-state index contributed by atoms with van der Waals surface area (Å²) in [6.07, 6.45) is 1.22.